The lowest BCUT2D eigenvalue weighted by Crippen LogP contribution is -1.78. The number of carbonyl (C=O) groups excluding carboxylic acids is 1. The standard InChI is InChI=1S/C3H4O.2C2H4O2/c1-2-3-4;2*1-2(3)4/h2-3H,1H2;2*1H3,(H,3,4). The van der Waals surface area contributed by atoms with Crippen LogP contribution in [0.1, 0.15) is 13.8 Å². The van der Waals surface area contributed by atoms with Crippen LogP contribution in [0.25, 0.3) is 0 Å². The van der Waals surface area contributed by atoms with Gasteiger partial charge in [-0.25, -0.2) is 0 Å². The molecule has 0 bridgehead atoms. The molecule has 2 N–H and O–H groups in total. The molecule has 0 spiro atoms. The fraction of sp³-hybridized carbons (Fsp3) is 0.286. The van der Waals surface area contributed by atoms with Crippen molar-refractivity contribution in [2.75, 3.05) is 0 Å². The molecule has 0 saturated heterocycles. The van der Waals surface area contributed by atoms with Crippen LogP contribution in [0.3, 0.4) is 0 Å². The zero-order valence-electron chi connectivity index (χ0n) is 6.98. The van der Waals surface area contributed by atoms with Crippen LogP contribution in [0.2, 0.25) is 0 Å². The average molecular weight is 176 g/mol. The number of hydrogen-bond donors (Lipinski definition) is 2. The second-order valence-corrected chi connectivity index (χ2v) is 1.41. The first-order valence-corrected chi connectivity index (χ1v) is 2.83. The summed E-state index contributed by atoms with van der Waals surface area (Å²) >= 11 is 0. The van der Waals surface area contributed by atoms with Crippen molar-refractivity contribution in [1.29, 1.82) is 0 Å². The van der Waals surface area contributed by atoms with Gasteiger partial charge in [-0.05, 0) is 6.08 Å². The van der Waals surface area contributed by atoms with Gasteiger partial charge in [0.2, 0.25) is 0 Å². The Bertz CT molecular complexity index is 124. The first-order chi connectivity index (χ1) is 5.38. The summed E-state index contributed by atoms with van der Waals surface area (Å²) in [6.45, 7) is 5.28. The smallest absolute Gasteiger partial charge is 0.300 e. The summed E-state index contributed by atoms with van der Waals surface area (Å²) < 4.78 is 0. The Labute approximate surface area is 70.3 Å². The van der Waals surface area contributed by atoms with Gasteiger partial charge in [-0.1, -0.05) is 6.58 Å². The topological polar surface area (TPSA) is 91.7 Å². The van der Waals surface area contributed by atoms with E-state index in [4.69, 9.17) is 24.6 Å². The van der Waals surface area contributed by atoms with Crippen molar-refractivity contribution in [3.63, 3.8) is 0 Å². The Morgan fingerprint density at radius 1 is 1.17 bits per heavy atom. The van der Waals surface area contributed by atoms with E-state index in [1.54, 1.807) is 0 Å². The Morgan fingerprint density at radius 3 is 1.25 bits per heavy atom. The van der Waals surface area contributed by atoms with Crippen molar-refractivity contribution in [2.45, 2.75) is 13.8 Å². The monoisotopic (exact) mass is 176 g/mol. The van der Waals surface area contributed by atoms with Gasteiger partial charge < -0.3 is 10.2 Å². The Balaban J connectivity index is -0.000000101. The SMILES string of the molecule is C=CC=O.CC(=O)O.CC(=O)O. The average Bonchev–Trinajstić information content (AvgIpc) is 1.85. The molecule has 0 amide bonds. The maximum atomic E-state index is 9.06. The van der Waals surface area contributed by atoms with Crippen LogP contribution < -0.4 is 0 Å². The summed E-state index contributed by atoms with van der Waals surface area (Å²) in [7, 11) is 0. The molecule has 0 unspecified atom stereocenters. The molecule has 0 aliphatic carbocycles. The van der Waals surface area contributed by atoms with Crippen molar-refractivity contribution >= 4 is 18.2 Å². The van der Waals surface area contributed by atoms with E-state index in [1.165, 1.54) is 6.08 Å². The van der Waals surface area contributed by atoms with Gasteiger partial charge in [-0.15, -0.1) is 0 Å². The molecule has 0 saturated carbocycles. The minimum absolute atomic E-state index is 0.639. The van der Waals surface area contributed by atoms with Gasteiger partial charge in [0.05, 0.1) is 0 Å². The lowest BCUT2D eigenvalue weighted by molar-refractivity contribution is -0.135. The van der Waals surface area contributed by atoms with Gasteiger partial charge in [0.25, 0.3) is 11.9 Å². The minimum Gasteiger partial charge on any atom is -0.481 e. The normalized spacial score (nSPS) is 5.83. The maximum absolute atomic E-state index is 9.06. The number of aldehydes is 1. The van der Waals surface area contributed by atoms with Crippen molar-refractivity contribution in [3.05, 3.63) is 12.7 Å². The second kappa shape index (κ2) is 16.2. The van der Waals surface area contributed by atoms with Crippen LogP contribution in [0.5, 0.6) is 0 Å². The number of carboxylic acids is 2. The number of carboxylic acid groups (broad SMARTS) is 2. The molecule has 0 aromatic heterocycles. The predicted octanol–water partition coefficient (Wildman–Crippen LogP) is 0.553. The van der Waals surface area contributed by atoms with Crippen molar-refractivity contribution in [2.24, 2.45) is 0 Å². The molecule has 0 aromatic rings. The highest BCUT2D eigenvalue weighted by molar-refractivity contribution is 5.63. The minimum atomic E-state index is -0.833. The molecule has 0 aliphatic rings. The number of rotatable bonds is 1. The first-order valence-electron chi connectivity index (χ1n) is 2.83. The third kappa shape index (κ3) is 1070. The summed E-state index contributed by atoms with van der Waals surface area (Å²) in [5, 5.41) is 14.8. The molecule has 12 heavy (non-hydrogen) atoms. The van der Waals surface area contributed by atoms with Gasteiger partial charge in [-0.3, -0.25) is 14.4 Å². The highest BCUT2D eigenvalue weighted by atomic mass is 16.4. The fourth-order valence-electron chi connectivity index (χ4n) is 0. The molecular weight excluding hydrogens is 164 g/mol. The number of aliphatic carboxylic acids is 2. The van der Waals surface area contributed by atoms with Gasteiger partial charge in [0.1, 0.15) is 6.29 Å². The highest BCUT2D eigenvalue weighted by Crippen LogP contribution is 1.42. The molecule has 0 radical (unpaired) electrons. The predicted molar refractivity (Wildman–Crippen MR) is 42.9 cm³/mol. The van der Waals surface area contributed by atoms with Crippen LogP contribution in [0, 0.1) is 0 Å². The molecule has 0 aliphatic heterocycles. The first kappa shape index (κ1) is 16.7. The maximum Gasteiger partial charge on any atom is 0.300 e. The van der Waals surface area contributed by atoms with E-state index in [0.29, 0.717) is 6.29 Å². The van der Waals surface area contributed by atoms with Crippen LogP contribution in [-0.2, 0) is 14.4 Å². The fourth-order valence-corrected chi connectivity index (χ4v) is 0. The molecule has 0 heterocycles. The lowest BCUT2D eigenvalue weighted by Gasteiger charge is -1.59. The van der Waals surface area contributed by atoms with E-state index in [9.17, 15) is 0 Å². The van der Waals surface area contributed by atoms with Gasteiger partial charge in [0.15, 0.2) is 0 Å². The second-order valence-electron chi connectivity index (χ2n) is 1.41. The Kier molecular flexibility index (Phi) is 22.6. The summed E-state index contributed by atoms with van der Waals surface area (Å²) in [6, 6.07) is 0. The van der Waals surface area contributed by atoms with E-state index >= 15 is 0 Å². The van der Waals surface area contributed by atoms with Gasteiger partial charge in [-0.2, -0.15) is 0 Å². The molecular formula is C7H12O5. The van der Waals surface area contributed by atoms with E-state index in [-0.39, 0.29) is 0 Å². The molecule has 0 rings (SSSR count). The molecule has 5 nitrogen and oxygen atoms in total. The van der Waals surface area contributed by atoms with Crippen LogP contribution in [-0.4, -0.2) is 28.4 Å². The third-order valence-electron chi connectivity index (χ3n) is 0.0962. The van der Waals surface area contributed by atoms with Crippen molar-refractivity contribution in [1.82, 2.24) is 0 Å². The summed E-state index contributed by atoms with van der Waals surface area (Å²) in [6.07, 6.45) is 1.83. The molecule has 5 heteroatoms. The number of allylic oxidation sites excluding steroid dienone is 1. The Hall–Kier alpha value is -1.65. The quantitative estimate of drug-likeness (QED) is 0.449. The van der Waals surface area contributed by atoms with E-state index in [0.717, 1.165) is 13.8 Å². The molecule has 0 aromatic carbocycles. The van der Waals surface area contributed by atoms with Gasteiger partial charge in [0, 0.05) is 13.8 Å². The van der Waals surface area contributed by atoms with Crippen molar-refractivity contribution < 1.29 is 24.6 Å². The zero-order chi connectivity index (χ0) is 10.6. The van der Waals surface area contributed by atoms with Crippen LogP contribution in [0.4, 0.5) is 0 Å². The summed E-state index contributed by atoms with van der Waals surface area (Å²) in [5.41, 5.74) is 0. The van der Waals surface area contributed by atoms with Crippen molar-refractivity contribution in [3.8, 4) is 0 Å². The molecule has 0 fully saturated rings. The zero-order valence-corrected chi connectivity index (χ0v) is 6.98. The third-order valence-corrected chi connectivity index (χ3v) is 0.0962. The van der Waals surface area contributed by atoms with Crippen LogP contribution >= 0.6 is 0 Å². The molecule has 70 valence electrons. The van der Waals surface area contributed by atoms with E-state index in [2.05, 4.69) is 6.58 Å². The summed E-state index contributed by atoms with van der Waals surface area (Å²) in [5.74, 6) is -1.67. The lowest BCUT2D eigenvalue weighted by atomic mass is 10.8. The highest BCUT2D eigenvalue weighted by Gasteiger charge is 1.65. The summed E-state index contributed by atoms with van der Waals surface area (Å²) in [4.78, 5) is 27.1. The van der Waals surface area contributed by atoms with E-state index in [1.807, 2.05) is 0 Å². The Morgan fingerprint density at radius 2 is 1.25 bits per heavy atom. The van der Waals surface area contributed by atoms with E-state index < -0.39 is 11.9 Å². The largest absolute Gasteiger partial charge is 0.481 e. The van der Waals surface area contributed by atoms with Gasteiger partial charge >= 0.3 is 0 Å². The number of carbonyl (C=O) groups is 3. The van der Waals surface area contributed by atoms with Crippen LogP contribution in [0.15, 0.2) is 12.7 Å². The molecule has 0 atom stereocenters. The number of hydrogen-bond acceptors (Lipinski definition) is 3.